The summed E-state index contributed by atoms with van der Waals surface area (Å²) in [7, 11) is 0. The van der Waals surface area contributed by atoms with E-state index in [0.29, 0.717) is 22.2 Å². The summed E-state index contributed by atoms with van der Waals surface area (Å²) in [5.74, 6) is -0.0836. The number of halogens is 1. The van der Waals surface area contributed by atoms with Crippen molar-refractivity contribution in [2.24, 2.45) is 0 Å². The normalized spacial score (nSPS) is 10.9. The Morgan fingerprint density at radius 1 is 1.07 bits per heavy atom. The predicted octanol–water partition coefficient (Wildman–Crippen LogP) is 5.52. The topological polar surface area (TPSA) is 76.2 Å². The highest BCUT2D eigenvalue weighted by atomic mass is 79.9. The first kappa shape index (κ1) is 17.6. The van der Waals surface area contributed by atoms with Gasteiger partial charge in [0.15, 0.2) is 0 Å². The van der Waals surface area contributed by atoms with Crippen molar-refractivity contribution < 1.29 is 14.4 Å². The molecular formula is C20H13BrN2O3S. The molecule has 5 nitrogen and oxygen atoms in total. The third-order valence-corrected chi connectivity index (χ3v) is 5.56. The Morgan fingerprint density at radius 3 is 2.52 bits per heavy atom. The quantitative estimate of drug-likeness (QED) is 0.442. The smallest absolute Gasteiger partial charge is 0.337 e. The van der Waals surface area contributed by atoms with Crippen LogP contribution in [0.5, 0.6) is 0 Å². The van der Waals surface area contributed by atoms with Crippen LogP contribution in [0.1, 0.15) is 21.1 Å². The molecule has 2 heterocycles. The first-order chi connectivity index (χ1) is 13.1. The lowest BCUT2D eigenvalue weighted by Crippen LogP contribution is -2.01. The Bertz CT molecular complexity index is 1090. The molecule has 0 atom stereocenters. The van der Waals surface area contributed by atoms with E-state index in [4.69, 9.17) is 4.52 Å². The van der Waals surface area contributed by atoms with Crippen molar-refractivity contribution in [3.05, 3.63) is 80.8 Å². The third kappa shape index (κ3) is 3.70. The summed E-state index contributed by atoms with van der Waals surface area (Å²) in [4.78, 5) is 17.0. The zero-order valence-corrected chi connectivity index (χ0v) is 16.3. The van der Waals surface area contributed by atoms with E-state index in [0.717, 1.165) is 15.6 Å². The molecule has 0 amide bonds. The number of hydrogen-bond donors (Lipinski definition) is 1. The fourth-order valence-corrected chi connectivity index (χ4v) is 4.07. The Kier molecular flexibility index (Phi) is 4.87. The molecule has 7 heteroatoms. The second-order valence-corrected chi connectivity index (χ2v) is 7.69. The molecule has 0 bridgehead atoms. The molecule has 0 aliphatic carbocycles. The summed E-state index contributed by atoms with van der Waals surface area (Å²) < 4.78 is 6.28. The second-order valence-electron chi connectivity index (χ2n) is 5.81. The monoisotopic (exact) mass is 440 g/mol. The van der Waals surface area contributed by atoms with Crippen LogP contribution in [-0.2, 0) is 6.42 Å². The van der Waals surface area contributed by atoms with E-state index in [1.54, 1.807) is 0 Å². The summed E-state index contributed by atoms with van der Waals surface area (Å²) in [6.07, 6.45) is 0.280. The van der Waals surface area contributed by atoms with Crippen LogP contribution in [0.25, 0.3) is 22.5 Å². The van der Waals surface area contributed by atoms with Crippen LogP contribution < -0.4 is 0 Å². The molecule has 0 spiro atoms. The highest BCUT2D eigenvalue weighted by Crippen LogP contribution is 2.34. The fraction of sp³-hybridized carbons (Fsp3) is 0.0500. The predicted molar refractivity (Wildman–Crippen MR) is 107 cm³/mol. The molecule has 4 aromatic rings. The number of carboxylic acid groups (broad SMARTS) is 1. The van der Waals surface area contributed by atoms with Crippen molar-refractivity contribution in [3.8, 4) is 22.5 Å². The zero-order valence-electron chi connectivity index (χ0n) is 13.9. The molecule has 0 unspecified atom stereocenters. The SMILES string of the molecule is O=C(O)c1c(-c2ccc(Br)cc2)csc1Cc1nc(-c2ccccc2)no1. The van der Waals surface area contributed by atoms with E-state index in [2.05, 4.69) is 26.1 Å². The molecule has 134 valence electrons. The fourth-order valence-electron chi connectivity index (χ4n) is 2.77. The standard InChI is InChI=1S/C20H13BrN2O3S/c21-14-8-6-12(7-9-14)15-11-27-16(18(15)20(24)25)10-17-22-19(23-26-17)13-4-2-1-3-5-13/h1-9,11H,10H2,(H,24,25). The molecule has 2 aromatic carbocycles. The number of carbonyl (C=O) groups is 1. The number of carboxylic acids is 1. The van der Waals surface area contributed by atoms with Crippen molar-refractivity contribution in [1.29, 1.82) is 0 Å². The van der Waals surface area contributed by atoms with Gasteiger partial charge >= 0.3 is 5.97 Å². The van der Waals surface area contributed by atoms with Gasteiger partial charge in [-0.15, -0.1) is 11.3 Å². The van der Waals surface area contributed by atoms with Gasteiger partial charge in [-0.1, -0.05) is 63.6 Å². The van der Waals surface area contributed by atoms with Gasteiger partial charge < -0.3 is 9.63 Å². The Balaban J connectivity index is 1.66. The van der Waals surface area contributed by atoms with Crippen molar-refractivity contribution in [2.45, 2.75) is 6.42 Å². The van der Waals surface area contributed by atoms with E-state index in [-0.39, 0.29) is 12.0 Å². The van der Waals surface area contributed by atoms with Crippen molar-refractivity contribution in [2.75, 3.05) is 0 Å². The number of hydrogen-bond acceptors (Lipinski definition) is 5. The van der Waals surface area contributed by atoms with Crippen LogP contribution >= 0.6 is 27.3 Å². The van der Waals surface area contributed by atoms with Crippen LogP contribution in [0.15, 0.2) is 69.0 Å². The van der Waals surface area contributed by atoms with E-state index < -0.39 is 5.97 Å². The average molecular weight is 441 g/mol. The van der Waals surface area contributed by atoms with Crippen molar-refractivity contribution in [1.82, 2.24) is 10.1 Å². The van der Waals surface area contributed by atoms with Crippen LogP contribution in [0, 0.1) is 0 Å². The van der Waals surface area contributed by atoms with Crippen LogP contribution in [0.2, 0.25) is 0 Å². The lowest BCUT2D eigenvalue weighted by Gasteiger charge is -2.03. The molecule has 0 aliphatic rings. The number of benzene rings is 2. The largest absolute Gasteiger partial charge is 0.478 e. The van der Waals surface area contributed by atoms with Crippen molar-refractivity contribution in [3.63, 3.8) is 0 Å². The highest BCUT2D eigenvalue weighted by molar-refractivity contribution is 9.10. The molecule has 0 saturated carbocycles. The molecule has 4 rings (SSSR count). The Hall–Kier alpha value is -2.77. The van der Waals surface area contributed by atoms with Gasteiger partial charge in [0, 0.05) is 20.5 Å². The van der Waals surface area contributed by atoms with Crippen molar-refractivity contribution >= 4 is 33.2 Å². The summed E-state index contributed by atoms with van der Waals surface area (Å²) in [6.45, 7) is 0. The first-order valence-electron chi connectivity index (χ1n) is 8.09. The third-order valence-electron chi connectivity index (χ3n) is 4.05. The maximum atomic E-state index is 11.9. The van der Waals surface area contributed by atoms with Gasteiger partial charge in [0.1, 0.15) is 0 Å². The van der Waals surface area contributed by atoms with E-state index in [1.807, 2.05) is 60.0 Å². The minimum absolute atomic E-state index is 0.279. The van der Waals surface area contributed by atoms with E-state index >= 15 is 0 Å². The molecule has 2 aromatic heterocycles. The van der Waals surface area contributed by atoms with Gasteiger partial charge in [-0.05, 0) is 23.1 Å². The molecule has 0 radical (unpaired) electrons. The maximum absolute atomic E-state index is 11.9. The molecule has 0 fully saturated rings. The summed E-state index contributed by atoms with van der Waals surface area (Å²) >= 11 is 4.78. The number of thiophene rings is 1. The Morgan fingerprint density at radius 2 is 1.81 bits per heavy atom. The molecule has 1 N–H and O–H groups in total. The number of rotatable bonds is 5. The summed E-state index contributed by atoms with van der Waals surface area (Å²) in [5.41, 5.74) is 2.68. The van der Waals surface area contributed by atoms with E-state index in [9.17, 15) is 9.90 Å². The molecular weight excluding hydrogens is 428 g/mol. The van der Waals surface area contributed by atoms with Crippen LogP contribution in [0.4, 0.5) is 0 Å². The lowest BCUT2D eigenvalue weighted by atomic mass is 10.0. The van der Waals surface area contributed by atoms with Gasteiger partial charge in [-0.2, -0.15) is 4.98 Å². The number of aromatic carboxylic acids is 1. The Labute approximate surface area is 167 Å². The minimum Gasteiger partial charge on any atom is -0.478 e. The van der Waals surface area contributed by atoms with Gasteiger partial charge in [0.25, 0.3) is 0 Å². The second kappa shape index (κ2) is 7.46. The van der Waals surface area contributed by atoms with Crippen LogP contribution in [0.3, 0.4) is 0 Å². The number of aromatic nitrogens is 2. The molecule has 27 heavy (non-hydrogen) atoms. The first-order valence-corrected chi connectivity index (χ1v) is 9.76. The zero-order chi connectivity index (χ0) is 18.8. The molecule has 0 saturated heterocycles. The van der Waals surface area contributed by atoms with Gasteiger partial charge in [-0.25, -0.2) is 4.79 Å². The van der Waals surface area contributed by atoms with Gasteiger partial charge in [0.2, 0.25) is 11.7 Å². The summed E-state index contributed by atoms with van der Waals surface area (Å²) in [6, 6.07) is 17.1. The minimum atomic E-state index is -0.966. The van der Waals surface area contributed by atoms with E-state index in [1.165, 1.54) is 11.3 Å². The molecule has 0 aliphatic heterocycles. The average Bonchev–Trinajstić information content (AvgIpc) is 3.31. The van der Waals surface area contributed by atoms with Gasteiger partial charge in [-0.3, -0.25) is 0 Å². The highest BCUT2D eigenvalue weighted by Gasteiger charge is 2.21. The lowest BCUT2D eigenvalue weighted by molar-refractivity contribution is 0.0697. The summed E-state index contributed by atoms with van der Waals surface area (Å²) in [5, 5.41) is 15.6. The maximum Gasteiger partial charge on any atom is 0.337 e. The number of nitrogens with zero attached hydrogens (tertiary/aromatic N) is 2. The van der Waals surface area contributed by atoms with Gasteiger partial charge in [0.05, 0.1) is 12.0 Å². The van der Waals surface area contributed by atoms with Crippen LogP contribution in [-0.4, -0.2) is 21.2 Å².